The molecule has 1 aromatic heterocycles. The number of amides is 2. The van der Waals surface area contributed by atoms with Crippen LogP contribution < -0.4 is 19.3 Å². The van der Waals surface area contributed by atoms with Crippen LogP contribution in [-0.4, -0.2) is 62.4 Å². The number of anilines is 2. The highest BCUT2D eigenvalue weighted by Gasteiger charge is 2.30. The highest BCUT2D eigenvalue weighted by molar-refractivity contribution is 6.30. The van der Waals surface area contributed by atoms with Crippen LogP contribution in [0.4, 0.5) is 16.3 Å². The summed E-state index contributed by atoms with van der Waals surface area (Å²) < 4.78 is 11.0. The number of piperazine rings is 1. The Balaban J connectivity index is 1.45. The monoisotopic (exact) mass is 388 g/mol. The van der Waals surface area contributed by atoms with Crippen molar-refractivity contribution in [3.63, 3.8) is 0 Å². The maximum Gasteiger partial charge on any atom is 0.324 e. The zero-order valence-electron chi connectivity index (χ0n) is 15.1. The maximum atomic E-state index is 13.1. The molecular weight excluding hydrogens is 368 g/mol. The summed E-state index contributed by atoms with van der Waals surface area (Å²) in [5, 5.41) is 0.598. The largest absolute Gasteiger partial charge is 0.493 e. The number of carbonyl (C=O) groups is 1. The second-order valence-corrected chi connectivity index (χ2v) is 6.83. The lowest BCUT2D eigenvalue weighted by atomic mass is 10.2. The van der Waals surface area contributed by atoms with Gasteiger partial charge >= 0.3 is 6.03 Å². The Kier molecular flexibility index (Phi) is 4.94. The molecule has 1 fully saturated rings. The Morgan fingerprint density at radius 2 is 2.00 bits per heavy atom. The zero-order chi connectivity index (χ0) is 18.8. The molecule has 3 heterocycles. The average molecular weight is 389 g/mol. The molecule has 2 amide bonds. The normalized spacial score (nSPS) is 16.6. The number of pyridine rings is 1. The highest BCUT2D eigenvalue weighted by Crippen LogP contribution is 2.34. The van der Waals surface area contributed by atoms with Crippen LogP contribution >= 0.6 is 11.6 Å². The molecule has 0 N–H and O–H groups in total. The van der Waals surface area contributed by atoms with Crippen molar-refractivity contribution in [3.05, 3.63) is 41.6 Å². The summed E-state index contributed by atoms with van der Waals surface area (Å²) in [6, 6.07) is 9.11. The molecule has 1 saturated heterocycles. The molecule has 0 aliphatic carbocycles. The molecule has 0 atom stereocenters. The molecule has 2 aromatic rings. The van der Waals surface area contributed by atoms with Crippen LogP contribution in [0, 0.1) is 0 Å². The van der Waals surface area contributed by atoms with Crippen LogP contribution in [-0.2, 0) is 0 Å². The number of urea groups is 1. The van der Waals surface area contributed by atoms with Gasteiger partial charge < -0.3 is 19.3 Å². The molecule has 0 saturated carbocycles. The zero-order valence-corrected chi connectivity index (χ0v) is 15.9. The first kappa shape index (κ1) is 17.7. The molecule has 2 aliphatic rings. The molecule has 0 radical (unpaired) electrons. The quantitative estimate of drug-likeness (QED) is 0.791. The van der Waals surface area contributed by atoms with Crippen LogP contribution in [0.3, 0.4) is 0 Å². The van der Waals surface area contributed by atoms with Gasteiger partial charge in [0.2, 0.25) is 0 Å². The first-order valence-corrected chi connectivity index (χ1v) is 9.28. The summed E-state index contributed by atoms with van der Waals surface area (Å²) in [5.74, 6) is 2.22. The SMILES string of the molecule is COc1cccnc1N1CCN(C(=O)N2CCOc3cc(Cl)ccc32)CC1. The van der Waals surface area contributed by atoms with Gasteiger partial charge in [-0.15, -0.1) is 0 Å². The number of nitrogens with zero attached hydrogens (tertiary/aromatic N) is 4. The van der Waals surface area contributed by atoms with Crippen LogP contribution in [0.2, 0.25) is 5.02 Å². The molecule has 2 aliphatic heterocycles. The smallest absolute Gasteiger partial charge is 0.324 e. The Hall–Kier alpha value is -2.67. The summed E-state index contributed by atoms with van der Waals surface area (Å²) in [5.41, 5.74) is 0.768. The summed E-state index contributed by atoms with van der Waals surface area (Å²) in [6.45, 7) is 3.65. The molecule has 1 aromatic carbocycles. The number of rotatable bonds is 2. The molecule has 8 heteroatoms. The Bertz CT molecular complexity index is 839. The van der Waals surface area contributed by atoms with E-state index in [1.165, 1.54) is 0 Å². The molecule has 0 bridgehead atoms. The van der Waals surface area contributed by atoms with Crippen molar-refractivity contribution in [2.75, 3.05) is 56.2 Å². The summed E-state index contributed by atoms with van der Waals surface area (Å²) in [4.78, 5) is 23.3. The molecule has 0 spiro atoms. The van der Waals surface area contributed by atoms with Gasteiger partial charge in [0.15, 0.2) is 11.6 Å². The molecule has 27 heavy (non-hydrogen) atoms. The number of ether oxygens (including phenoxy) is 2. The number of fused-ring (bicyclic) bond motifs is 1. The fourth-order valence-corrected chi connectivity index (χ4v) is 3.61. The summed E-state index contributed by atoms with van der Waals surface area (Å²) in [6.07, 6.45) is 1.76. The number of hydrogen-bond donors (Lipinski definition) is 0. The van der Waals surface area contributed by atoms with E-state index in [-0.39, 0.29) is 6.03 Å². The Labute approximate surface area is 163 Å². The lowest BCUT2D eigenvalue weighted by Crippen LogP contribution is -2.54. The first-order chi connectivity index (χ1) is 13.2. The number of aromatic nitrogens is 1. The van der Waals surface area contributed by atoms with Gasteiger partial charge in [-0.25, -0.2) is 9.78 Å². The van der Waals surface area contributed by atoms with E-state index < -0.39 is 0 Å². The van der Waals surface area contributed by atoms with Gasteiger partial charge in [-0.1, -0.05) is 11.6 Å². The van der Waals surface area contributed by atoms with E-state index in [1.54, 1.807) is 30.3 Å². The lowest BCUT2D eigenvalue weighted by molar-refractivity contribution is 0.196. The van der Waals surface area contributed by atoms with E-state index in [4.69, 9.17) is 21.1 Å². The Morgan fingerprint density at radius 1 is 1.19 bits per heavy atom. The van der Waals surface area contributed by atoms with Crippen molar-refractivity contribution in [3.8, 4) is 11.5 Å². The molecule has 0 unspecified atom stereocenters. The van der Waals surface area contributed by atoms with Crippen LogP contribution in [0.25, 0.3) is 0 Å². The van der Waals surface area contributed by atoms with Crippen molar-refractivity contribution >= 4 is 29.1 Å². The van der Waals surface area contributed by atoms with E-state index in [2.05, 4.69) is 9.88 Å². The number of benzene rings is 1. The van der Waals surface area contributed by atoms with Gasteiger partial charge in [-0.05, 0) is 24.3 Å². The fraction of sp³-hybridized carbons (Fsp3) is 0.368. The number of hydrogen-bond acceptors (Lipinski definition) is 5. The van der Waals surface area contributed by atoms with Crippen molar-refractivity contribution < 1.29 is 14.3 Å². The Morgan fingerprint density at radius 3 is 2.78 bits per heavy atom. The van der Waals surface area contributed by atoms with Crippen LogP contribution in [0.1, 0.15) is 0 Å². The topological polar surface area (TPSA) is 58.1 Å². The number of halogens is 1. The van der Waals surface area contributed by atoms with Gasteiger partial charge in [-0.2, -0.15) is 0 Å². The van der Waals surface area contributed by atoms with E-state index in [0.29, 0.717) is 50.1 Å². The minimum absolute atomic E-state index is 0.00508. The molecule has 7 nitrogen and oxygen atoms in total. The van der Waals surface area contributed by atoms with Gasteiger partial charge in [0.1, 0.15) is 12.4 Å². The third kappa shape index (κ3) is 3.47. The second kappa shape index (κ2) is 7.52. The van der Waals surface area contributed by atoms with Gasteiger partial charge in [0, 0.05) is 43.5 Å². The molecule has 4 rings (SSSR count). The van der Waals surface area contributed by atoms with Crippen LogP contribution in [0.15, 0.2) is 36.5 Å². The highest BCUT2D eigenvalue weighted by atomic mass is 35.5. The minimum Gasteiger partial charge on any atom is -0.493 e. The summed E-state index contributed by atoms with van der Waals surface area (Å²) in [7, 11) is 1.64. The van der Waals surface area contributed by atoms with Crippen molar-refractivity contribution in [1.29, 1.82) is 0 Å². The molecular formula is C19H21ClN4O3. The average Bonchev–Trinajstić information content (AvgIpc) is 2.72. The van der Waals surface area contributed by atoms with Gasteiger partial charge in [0.05, 0.1) is 19.3 Å². The van der Waals surface area contributed by atoms with Gasteiger partial charge in [0.25, 0.3) is 0 Å². The van der Waals surface area contributed by atoms with E-state index in [0.717, 1.165) is 17.3 Å². The summed E-state index contributed by atoms with van der Waals surface area (Å²) >= 11 is 6.04. The maximum absolute atomic E-state index is 13.1. The first-order valence-electron chi connectivity index (χ1n) is 8.90. The minimum atomic E-state index is -0.00508. The van der Waals surface area contributed by atoms with E-state index in [9.17, 15) is 4.79 Å². The molecule has 142 valence electrons. The standard InChI is InChI=1S/C19H21ClN4O3/c1-26-16-3-2-6-21-18(16)22-7-9-23(10-8-22)19(25)24-11-12-27-17-13-14(20)4-5-15(17)24/h2-6,13H,7-12H2,1H3. The second-order valence-electron chi connectivity index (χ2n) is 6.40. The van der Waals surface area contributed by atoms with Crippen molar-refractivity contribution in [1.82, 2.24) is 9.88 Å². The van der Waals surface area contributed by atoms with Crippen LogP contribution in [0.5, 0.6) is 11.5 Å². The predicted octanol–water partition coefficient (Wildman–Crippen LogP) is 2.88. The third-order valence-electron chi connectivity index (χ3n) is 4.84. The fourth-order valence-electron chi connectivity index (χ4n) is 3.45. The van der Waals surface area contributed by atoms with Gasteiger partial charge in [-0.3, -0.25) is 4.90 Å². The van der Waals surface area contributed by atoms with E-state index >= 15 is 0 Å². The van der Waals surface area contributed by atoms with E-state index in [1.807, 2.05) is 23.1 Å². The predicted molar refractivity (Wildman–Crippen MR) is 104 cm³/mol. The number of methoxy groups -OCH3 is 1. The number of carbonyl (C=O) groups excluding carboxylic acids is 1. The third-order valence-corrected chi connectivity index (χ3v) is 5.07. The van der Waals surface area contributed by atoms with Crippen molar-refractivity contribution in [2.24, 2.45) is 0 Å². The lowest BCUT2D eigenvalue weighted by Gasteiger charge is -2.39. The van der Waals surface area contributed by atoms with Crippen molar-refractivity contribution in [2.45, 2.75) is 0 Å².